The van der Waals surface area contributed by atoms with Gasteiger partial charge in [0.2, 0.25) is 0 Å². The second kappa shape index (κ2) is 6.55. The van der Waals surface area contributed by atoms with Crippen molar-refractivity contribution >= 4 is 11.3 Å². The van der Waals surface area contributed by atoms with Crippen molar-refractivity contribution in [1.29, 1.82) is 0 Å². The van der Waals surface area contributed by atoms with Gasteiger partial charge in [-0.2, -0.15) is 13.2 Å². The fraction of sp³-hybridized carbons (Fsp3) is 0.188. The molecule has 120 valence electrons. The third kappa shape index (κ3) is 4.00. The monoisotopic (exact) mass is 337 g/mol. The molecule has 0 radical (unpaired) electrons. The van der Waals surface area contributed by atoms with Crippen molar-refractivity contribution in [3.8, 4) is 10.6 Å². The van der Waals surface area contributed by atoms with E-state index in [2.05, 4.69) is 15.3 Å². The van der Waals surface area contributed by atoms with Crippen molar-refractivity contribution in [3.05, 3.63) is 64.9 Å². The fourth-order valence-electron chi connectivity index (χ4n) is 2.13. The number of aromatic nitrogens is 2. The Morgan fingerprint density at radius 3 is 2.52 bits per heavy atom. The van der Waals surface area contributed by atoms with E-state index in [-0.39, 0.29) is 0 Å². The molecule has 0 saturated heterocycles. The maximum absolute atomic E-state index is 12.5. The number of nitrogens with one attached hydrogen (secondary N) is 2. The fourth-order valence-corrected chi connectivity index (χ4v) is 3.00. The van der Waals surface area contributed by atoms with E-state index in [0.29, 0.717) is 13.1 Å². The number of alkyl halides is 3. The van der Waals surface area contributed by atoms with Crippen molar-refractivity contribution in [3.63, 3.8) is 0 Å². The lowest BCUT2D eigenvalue weighted by Crippen LogP contribution is -2.12. The third-order valence-corrected chi connectivity index (χ3v) is 4.33. The molecule has 0 amide bonds. The van der Waals surface area contributed by atoms with Gasteiger partial charge in [-0.3, -0.25) is 0 Å². The average Bonchev–Trinajstić information content (AvgIpc) is 3.18. The molecule has 0 aliphatic carbocycles. The number of halogens is 3. The maximum atomic E-state index is 12.5. The van der Waals surface area contributed by atoms with Crippen molar-refractivity contribution in [2.75, 3.05) is 0 Å². The summed E-state index contributed by atoms with van der Waals surface area (Å²) in [4.78, 5) is 8.52. The Bertz CT molecular complexity index is 746. The molecule has 0 saturated carbocycles. The Labute approximate surface area is 135 Å². The normalized spacial score (nSPS) is 11.8. The van der Waals surface area contributed by atoms with Gasteiger partial charge in [-0.25, -0.2) is 4.98 Å². The second-order valence-corrected chi connectivity index (χ2v) is 6.12. The van der Waals surface area contributed by atoms with Gasteiger partial charge in [-0.1, -0.05) is 12.1 Å². The van der Waals surface area contributed by atoms with Crippen LogP contribution in [0.15, 0.2) is 48.8 Å². The summed E-state index contributed by atoms with van der Waals surface area (Å²) in [5, 5.41) is 4.12. The summed E-state index contributed by atoms with van der Waals surface area (Å²) < 4.78 is 37.5. The van der Waals surface area contributed by atoms with Crippen LogP contribution in [0.4, 0.5) is 13.2 Å². The van der Waals surface area contributed by atoms with Crippen LogP contribution >= 0.6 is 11.3 Å². The first-order valence-electron chi connectivity index (χ1n) is 6.98. The molecule has 2 aromatic heterocycles. The summed E-state index contributed by atoms with van der Waals surface area (Å²) in [7, 11) is 0. The number of hydrogen-bond donors (Lipinski definition) is 2. The molecule has 3 aromatic rings. The first kappa shape index (κ1) is 15.8. The first-order valence-corrected chi connectivity index (χ1v) is 7.79. The topological polar surface area (TPSA) is 40.7 Å². The standard InChI is InChI=1S/C16H14F3N3S/c17-16(18,19)12-5-3-11(4-6-12)8-20-10-15-22-9-14(23-15)13-2-1-7-21-13/h1-7,9,20-21H,8,10H2. The number of H-pyrrole nitrogens is 1. The number of hydrogen-bond acceptors (Lipinski definition) is 3. The zero-order valence-electron chi connectivity index (χ0n) is 12.0. The van der Waals surface area contributed by atoms with Gasteiger partial charge in [-0.05, 0) is 29.8 Å². The lowest BCUT2D eigenvalue weighted by atomic mass is 10.1. The van der Waals surface area contributed by atoms with E-state index in [4.69, 9.17) is 0 Å². The molecule has 0 fully saturated rings. The lowest BCUT2D eigenvalue weighted by molar-refractivity contribution is -0.137. The molecular weight excluding hydrogens is 323 g/mol. The number of rotatable bonds is 5. The molecule has 0 atom stereocenters. The van der Waals surface area contributed by atoms with E-state index in [1.807, 2.05) is 24.5 Å². The Balaban J connectivity index is 1.53. The van der Waals surface area contributed by atoms with Crippen LogP contribution in [0.2, 0.25) is 0 Å². The predicted molar refractivity (Wildman–Crippen MR) is 83.9 cm³/mol. The number of benzene rings is 1. The van der Waals surface area contributed by atoms with Crippen molar-refractivity contribution in [2.45, 2.75) is 19.3 Å². The van der Waals surface area contributed by atoms with Gasteiger partial charge < -0.3 is 10.3 Å². The van der Waals surface area contributed by atoms with E-state index in [9.17, 15) is 13.2 Å². The van der Waals surface area contributed by atoms with Gasteiger partial charge in [0.1, 0.15) is 5.01 Å². The molecular formula is C16H14F3N3S. The largest absolute Gasteiger partial charge is 0.416 e. The van der Waals surface area contributed by atoms with E-state index >= 15 is 0 Å². The highest BCUT2D eigenvalue weighted by Gasteiger charge is 2.29. The molecule has 0 unspecified atom stereocenters. The van der Waals surface area contributed by atoms with Crippen LogP contribution in [-0.4, -0.2) is 9.97 Å². The van der Waals surface area contributed by atoms with Crippen molar-refractivity contribution in [2.24, 2.45) is 0 Å². The van der Waals surface area contributed by atoms with Gasteiger partial charge in [-0.15, -0.1) is 11.3 Å². The second-order valence-electron chi connectivity index (χ2n) is 5.00. The summed E-state index contributed by atoms with van der Waals surface area (Å²) in [6.45, 7) is 1.07. The zero-order chi connectivity index (χ0) is 16.3. The van der Waals surface area contributed by atoms with Crippen molar-refractivity contribution in [1.82, 2.24) is 15.3 Å². The molecule has 7 heteroatoms. The first-order chi connectivity index (χ1) is 11.0. The Morgan fingerprint density at radius 1 is 1.09 bits per heavy atom. The molecule has 1 aromatic carbocycles. The van der Waals surface area contributed by atoms with Crippen LogP contribution in [0.1, 0.15) is 16.1 Å². The third-order valence-electron chi connectivity index (χ3n) is 3.30. The van der Waals surface area contributed by atoms with Gasteiger partial charge in [0.05, 0.1) is 16.1 Å². The molecule has 0 bridgehead atoms. The molecule has 2 heterocycles. The van der Waals surface area contributed by atoms with Crippen LogP contribution in [-0.2, 0) is 19.3 Å². The summed E-state index contributed by atoms with van der Waals surface area (Å²) in [5.74, 6) is 0. The zero-order valence-corrected chi connectivity index (χ0v) is 12.8. The predicted octanol–water partition coefficient (Wildman–Crippen LogP) is 4.45. The summed E-state index contributed by atoms with van der Waals surface area (Å²) in [6, 6.07) is 9.09. The van der Waals surface area contributed by atoms with Gasteiger partial charge >= 0.3 is 6.18 Å². The maximum Gasteiger partial charge on any atom is 0.416 e. The minimum atomic E-state index is -4.29. The minimum absolute atomic E-state index is 0.496. The number of aromatic amines is 1. The highest BCUT2D eigenvalue weighted by atomic mass is 32.1. The van der Waals surface area contributed by atoms with Crippen LogP contribution in [0.3, 0.4) is 0 Å². The Hall–Kier alpha value is -2.12. The van der Waals surface area contributed by atoms with E-state index in [1.54, 1.807) is 11.3 Å². The average molecular weight is 337 g/mol. The summed E-state index contributed by atoms with van der Waals surface area (Å²) >= 11 is 1.58. The van der Waals surface area contributed by atoms with Crippen LogP contribution in [0.25, 0.3) is 10.6 Å². The molecule has 3 nitrogen and oxygen atoms in total. The molecule has 2 N–H and O–H groups in total. The lowest BCUT2D eigenvalue weighted by Gasteiger charge is -2.08. The van der Waals surface area contributed by atoms with Gasteiger partial charge in [0, 0.05) is 25.5 Å². The Kier molecular flexibility index (Phi) is 4.49. The molecule has 0 spiro atoms. The van der Waals surface area contributed by atoms with Crippen molar-refractivity contribution < 1.29 is 13.2 Å². The summed E-state index contributed by atoms with van der Waals surface area (Å²) in [6.07, 6.45) is -0.621. The highest BCUT2D eigenvalue weighted by molar-refractivity contribution is 7.15. The van der Waals surface area contributed by atoms with E-state index in [1.165, 1.54) is 12.1 Å². The van der Waals surface area contributed by atoms with Crippen LogP contribution in [0, 0.1) is 0 Å². The van der Waals surface area contributed by atoms with E-state index < -0.39 is 11.7 Å². The van der Waals surface area contributed by atoms with Crippen LogP contribution in [0.5, 0.6) is 0 Å². The summed E-state index contributed by atoms with van der Waals surface area (Å²) in [5.41, 5.74) is 1.20. The molecule has 23 heavy (non-hydrogen) atoms. The van der Waals surface area contributed by atoms with Gasteiger partial charge in [0.15, 0.2) is 0 Å². The highest BCUT2D eigenvalue weighted by Crippen LogP contribution is 2.29. The molecule has 0 aliphatic heterocycles. The molecule has 0 aliphatic rings. The number of thiazole rings is 1. The van der Waals surface area contributed by atoms with Crippen LogP contribution < -0.4 is 5.32 Å². The smallest absolute Gasteiger partial charge is 0.360 e. The molecule has 3 rings (SSSR count). The SMILES string of the molecule is FC(F)(F)c1ccc(CNCc2ncc(-c3ccc[nH]3)s2)cc1. The number of nitrogens with zero attached hydrogens (tertiary/aromatic N) is 1. The quantitative estimate of drug-likeness (QED) is 0.722. The Morgan fingerprint density at radius 2 is 1.87 bits per heavy atom. The van der Waals surface area contributed by atoms with E-state index in [0.717, 1.165) is 33.3 Å². The van der Waals surface area contributed by atoms with Gasteiger partial charge in [0.25, 0.3) is 0 Å². The minimum Gasteiger partial charge on any atom is -0.360 e.